The smallest absolute Gasteiger partial charge is 0.170 e. The molecule has 0 aliphatic heterocycles. The normalized spacial score (nSPS) is 10.8. The van der Waals surface area contributed by atoms with E-state index in [0.717, 1.165) is 17.0 Å². The molecule has 0 saturated carbocycles. The number of rotatable bonds is 1. The maximum Gasteiger partial charge on any atom is 0.170 e. The number of nitrogens with zero attached hydrogens (tertiary/aromatic N) is 2. The third-order valence-corrected chi connectivity index (χ3v) is 2.43. The summed E-state index contributed by atoms with van der Waals surface area (Å²) >= 11 is 3.27. The Morgan fingerprint density at radius 2 is 2.21 bits per heavy atom. The molecule has 0 fully saturated rings. The van der Waals surface area contributed by atoms with Crippen molar-refractivity contribution >= 4 is 21.7 Å². The van der Waals surface area contributed by atoms with Crippen molar-refractivity contribution in [1.82, 2.24) is 9.78 Å². The molecule has 0 aromatic carbocycles. The fourth-order valence-corrected chi connectivity index (χ4v) is 1.80. The van der Waals surface area contributed by atoms with Crippen LogP contribution in [-0.2, 0) is 7.05 Å². The number of hydrogen-bond acceptors (Lipinski definition) is 3. The Bertz CT molecular complexity index is 453. The van der Waals surface area contributed by atoms with E-state index in [-0.39, 0.29) is 0 Å². The van der Waals surface area contributed by atoms with E-state index in [2.05, 4.69) is 21.0 Å². The Kier molecular flexibility index (Phi) is 2.11. The molecule has 4 nitrogen and oxygen atoms in total. The standard InChI is InChI=1S/C9H10BrN3O/c1-5-3-7(10)14-9(5)6-4-8(11)13(2)12-6/h3-4H,11H2,1-2H3. The van der Waals surface area contributed by atoms with Crippen LogP contribution in [0.4, 0.5) is 5.82 Å². The quantitative estimate of drug-likeness (QED) is 0.851. The van der Waals surface area contributed by atoms with Crippen molar-refractivity contribution in [2.45, 2.75) is 6.92 Å². The van der Waals surface area contributed by atoms with Gasteiger partial charge >= 0.3 is 0 Å². The summed E-state index contributed by atoms with van der Waals surface area (Å²) in [6, 6.07) is 3.69. The molecule has 0 aliphatic carbocycles. The van der Waals surface area contributed by atoms with E-state index in [1.165, 1.54) is 0 Å². The molecule has 0 unspecified atom stereocenters. The van der Waals surface area contributed by atoms with Gasteiger partial charge < -0.3 is 10.2 Å². The van der Waals surface area contributed by atoms with Gasteiger partial charge in [0.15, 0.2) is 10.4 Å². The molecular weight excluding hydrogens is 246 g/mol. The number of aromatic nitrogens is 2. The molecule has 2 aromatic heterocycles. The van der Waals surface area contributed by atoms with E-state index in [0.29, 0.717) is 10.5 Å². The first-order valence-corrected chi connectivity index (χ1v) is 4.93. The second-order valence-corrected chi connectivity index (χ2v) is 3.92. The minimum Gasteiger partial charge on any atom is -0.447 e. The molecule has 0 spiro atoms. The van der Waals surface area contributed by atoms with E-state index in [9.17, 15) is 0 Å². The lowest BCUT2D eigenvalue weighted by atomic mass is 10.2. The predicted octanol–water partition coefficient (Wildman–Crippen LogP) is 2.33. The third kappa shape index (κ3) is 1.43. The van der Waals surface area contributed by atoms with Crippen LogP contribution in [-0.4, -0.2) is 9.78 Å². The van der Waals surface area contributed by atoms with Crippen molar-refractivity contribution in [2.75, 3.05) is 5.73 Å². The van der Waals surface area contributed by atoms with Gasteiger partial charge in [0, 0.05) is 13.1 Å². The Morgan fingerprint density at radius 3 is 2.64 bits per heavy atom. The van der Waals surface area contributed by atoms with Crippen molar-refractivity contribution in [3.8, 4) is 11.5 Å². The molecule has 0 bridgehead atoms. The molecule has 0 atom stereocenters. The topological polar surface area (TPSA) is 57.0 Å². The number of nitrogen functional groups attached to an aromatic ring is 1. The van der Waals surface area contributed by atoms with Crippen LogP contribution in [0.5, 0.6) is 0 Å². The molecule has 2 N–H and O–H groups in total. The minimum absolute atomic E-state index is 0.618. The highest BCUT2D eigenvalue weighted by atomic mass is 79.9. The van der Waals surface area contributed by atoms with Gasteiger partial charge in [-0.05, 0) is 34.5 Å². The first kappa shape index (κ1) is 9.33. The van der Waals surface area contributed by atoms with E-state index in [1.807, 2.05) is 13.0 Å². The molecular formula is C9H10BrN3O. The summed E-state index contributed by atoms with van der Waals surface area (Å²) in [5.74, 6) is 1.37. The van der Waals surface area contributed by atoms with Gasteiger partial charge in [-0.2, -0.15) is 5.10 Å². The van der Waals surface area contributed by atoms with Gasteiger partial charge in [0.1, 0.15) is 11.5 Å². The van der Waals surface area contributed by atoms with Crippen molar-refractivity contribution in [2.24, 2.45) is 7.05 Å². The predicted molar refractivity (Wildman–Crippen MR) is 57.8 cm³/mol. The zero-order valence-corrected chi connectivity index (χ0v) is 9.50. The number of furan rings is 1. The van der Waals surface area contributed by atoms with Gasteiger partial charge in [-0.25, -0.2) is 0 Å². The lowest BCUT2D eigenvalue weighted by Gasteiger charge is -1.91. The van der Waals surface area contributed by atoms with Crippen LogP contribution in [0, 0.1) is 6.92 Å². The molecule has 0 saturated heterocycles. The number of hydrogen-bond donors (Lipinski definition) is 1. The van der Waals surface area contributed by atoms with Crippen molar-refractivity contribution in [3.63, 3.8) is 0 Å². The summed E-state index contributed by atoms with van der Waals surface area (Å²) in [7, 11) is 1.80. The molecule has 2 aromatic rings. The Morgan fingerprint density at radius 1 is 1.50 bits per heavy atom. The van der Waals surface area contributed by atoms with Crippen LogP contribution in [0.3, 0.4) is 0 Å². The summed E-state index contributed by atoms with van der Waals surface area (Å²) in [6.07, 6.45) is 0. The van der Waals surface area contributed by atoms with Gasteiger partial charge in [0.05, 0.1) is 0 Å². The lowest BCUT2D eigenvalue weighted by Crippen LogP contribution is -1.96. The van der Waals surface area contributed by atoms with Crippen LogP contribution < -0.4 is 5.73 Å². The van der Waals surface area contributed by atoms with E-state index in [1.54, 1.807) is 17.8 Å². The SMILES string of the molecule is Cc1cc(Br)oc1-c1cc(N)n(C)n1. The summed E-state index contributed by atoms with van der Waals surface area (Å²) in [6.45, 7) is 1.97. The van der Waals surface area contributed by atoms with Crippen molar-refractivity contribution in [1.29, 1.82) is 0 Å². The number of aryl methyl sites for hydroxylation is 2. The second-order valence-electron chi connectivity index (χ2n) is 3.14. The molecule has 0 radical (unpaired) electrons. The highest BCUT2D eigenvalue weighted by molar-refractivity contribution is 9.10. The average Bonchev–Trinajstić information content (AvgIpc) is 2.57. The van der Waals surface area contributed by atoms with Crippen molar-refractivity contribution in [3.05, 3.63) is 22.4 Å². The second kappa shape index (κ2) is 3.16. The molecule has 74 valence electrons. The molecule has 0 amide bonds. The van der Waals surface area contributed by atoms with Crippen LogP contribution >= 0.6 is 15.9 Å². The first-order valence-electron chi connectivity index (χ1n) is 4.14. The summed E-state index contributed by atoms with van der Waals surface area (Å²) in [5, 5.41) is 4.23. The van der Waals surface area contributed by atoms with Gasteiger partial charge in [0.25, 0.3) is 0 Å². The highest BCUT2D eigenvalue weighted by Crippen LogP contribution is 2.29. The Labute approximate surface area is 89.8 Å². The highest BCUT2D eigenvalue weighted by Gasteiger charge is 2.12. The number of nitrogens with two attached hydrogens (primary N) is 1. The summed E-state index contributed by atoms with van der Waals surface area (Å²) in [5.41, 5.74) is 7.48. The van der Waals surface area contributed by atoms with Gasteiger partial charge in [-0.15, -0.1) is 0 Å². The first-order chi connectivity index (χ1) is 6.58. The van der Waals surface area contributed by atoms with E-state index >= 15 is 0 Å². The molecule has 2 heterocycles. The lowest BCUT2D eigenvalue weighted by molar-refractivity contribution is 0.551. The van der Waals surface area contributed by atoms with E-state index < -0.39 is 0 Å². The maximum absolute atomic E-state index is 5.68. The average molecular weight is 256 g/mol. The maximum atomic E-state index is 5.68. The summed E-state index contributed by atoms with van der Waals surface area (Å²) < 4.78 is 7.77. The monoisotopic (exact) mass is 255 g/mol. The van der Waals surface area contributed by atoms with Gasteiger partial charge in [-0.1, -0.05) is 0 Å². The molecule has 14 heavy (non-hydrogen) atoms. The van der Waals surface area contributed by atoms with Crippen LogP contribution in [0.25, 0.3) is 11.5 Å². The zero-order chi connectivity index (χ0) is 10.3. The zero-order valence-electron chi connectivity index (χ0n) is 7.91. The molecule has 5 heteroatoms. The number of halogens is 1. The Balaban J connectivity index is 2.54. The van der Waals surface area contributed by atoms with Gasteiger partial charge in [0.2, 0.25) is 0 Å². The van der Waals surface area contributed by atoms with Crippen LogP contribution in [0.2, 0.25) is 0 Å². The van der Waals surface area contributed by atoms with Crippen LogP contribution in [0.15, 0.2) is 21.2 Å². The van der Waals surface area contributed by atoms with Crippen LogP contribution in [0.1, 0.15) is 5.56 Å². The van der Waals surface area contributed by atoms with Gasteiger partial charge in [-0.3, -0.25) is 4.68 Å². The Hall–Kier alpha value is -1.23. The molecule has 2 rings (SSSR count). The minimum atomic E-state index is 0.618. The molecule has 0 aliphatic rings. The van der Waals surface area contributed by atoms with Crippen molar-refractivity contribution < 1.29 is 4.42 Å². The largest absolute Gasteiger partial charge is 0.447 e. The summed E-state index contributed by atoms with van der Waals surface area (Å²) in [4.78, 5) is 0. The fraction of sp³-hybridized carbons (Fsp3) is 0.222. The van der Waals surface area contributed by atoms with E-state index in [4.69, 9.17) is 10.2 Å². The third-order valence-electron chi connectivity index (χ3n) is 2.04. The number of anilines is 1. The fourth-order valence-electron chi connectivity index (χ4n) is 1.29.